The van der Waals surface area contributed by atoms with E-state index in [2.05, 4.69) is 34.1 Å². The molecule has 2 heterocycles. The van der Waals surface area contributed by atoms with Gasteiger partial charge in [0.05, 0.1) is 12.2 Å². The van der Waals surface area contributed by atoms with Gasteiger partial charge >= 0.3 is 6.09 Å². The average Bonchev–Trinajstić information content (AvgIpc) is 3.38. The zero-order valence-corrected chi connectivity index (χ0v) is 18.1. The van der Waals surface area contributed by atoms with Crippen LogP contribution in [0.15, 0.2) is 36.4 Å². The van der Waals surface area contributed by atoms with E-state index in [-0.39, 0.29) is 24.7 Å². The van der Waals surface area contributed by atoms with E-state index in [0.29, 0.717) is 29.6 Å². The second kappa shape index (κ2) is 8.70. The number of nitrogens with one attached hydrogen (secondary N) is 3. The zero-order chi connectivity index (χ0) is 22.1. The van der Waals surface area contributed by atoms with Crippen LogP contribution >= 0.6 is 0 Å². The van der Waals surface area contributed by atoms with Gasteiger partial charge in [0, 0.05) is 18.4 Å². The number of hydrogen-bond acceptors (Lipinski definition) is 6. The third-order valence-corrected chi connectivity index (χ3v) is 6.40. The highest BCUT2D eigenvalue weighted by molar-refractivity contribution is 5.97. The van der Waals surface area contributed by atoms with Gasteiger partial charge in [0.25, 0.3) is 5.91 Å². The maximum Gasteiger partial charge on any atom is 0.414 e. The van der Waals surface area contributed by atoms with Crippen LogP contribution in [0.5, 0.6) is 5.75 Å². The topological polar surface area (TPSA) is 91.9 Å². The molecule has 0 spiro atoms. The van der Waals surface area contributed by atoms with E-state index in [1.54, 1.807) is 17.0 Å². The van der Waals surface area contributed by atoms with Crippen molar-refractivity contribution in [2.75, 3.05) is 48.8 Å². The molecule has 0 bridgehead atoms. The first-order chi connectivity index (χ1) is 15.6. The zero-order valence-electron chi connectivity index (χ0n) is 18.1. The second-order valence-corrected chi connectivity index (χ2v) is 8.59. The van der Waals surface area contributed by atoms with Crippen molar-refractivity contribution in [3.63, 3.8) is 0 Å². The standard InChI is InChI=1S/C24H28N4O4/c1-25-20-4-2-3-16-9-15(10-19(16)20)12-26-8-7-18-13-28(24(30)32-18)17-5-6-22-21(11-17)27-23(29)14-31-22/h2-6,11,15,18,25-26H,7-10,12-14H2,1H3,(H,27,29). The molecule has 0 aromatic heterocycles. The van der Waals surface area contributed by atoms with Gasteiger partial charge in [-0.05, 0) is 73.7 Å². The lowest BCUT2D eigenvalue weighted by Gasteiger charge is -2.20. The quantitative estimate of drug-likeness (QED) is 0.578. The van der Waals surface area contributed by atoms with Crippen LogP contribution < -0.4 is 25.6 Å². The molecule has 0 radical (unpaired) electrons. The number of nitrogens with zero attached hydrogens (tertiary/aromatic N) is 1. The lowest BCUT2D eigenvalue weighted by Crippen LogP contribution is -2.29. The van der Waals surface area contributed by atoms with Gasteiger partial charge < -0.3 is 25.4 Å². The molecular weight excluding hydrogens is 408 g/mol. The van der Waals surface area contributed by atoms with Gasteiger partial charge in [-0.25, -0.2) is 4.79 Å². The summed E-state index contributed by atoms with van der Waals surface area (Å²) < 4.78 is 11.0. The smallest absolute Gasteiger partial charge is 0.414 e. The van der Waals surface area contributed by atoms with Crippen molar-refractivity contribution in [1.82, 2.24) is 5.32 Å². The molecule has 2 aromatic carbocycles. The molecule has 8 nitrogen and oxygen atoms in total. The molecule has 1 saturated heterocycles. The van der Waals surface area contributed by atoms with Crippen LogP contribution in [-0.2, 0) is 22.4 Å². The van der Waals surface area contributed by atoms with Gasteiger partial charge in [-0.2, -0.15) is 0 Å². The number of benzene rings is 2. The van der Waals surface area contributed by atoms with Gasteiger partial charge in [0.1, 0.15) is 11.9 Å². The number of amides is 2. The summed E-state index contributed by atoms with van der Waals surface area (Å²) in [6, 6.07) is 11.8. The molecule has 2 amide bonds. The Hall–Kier alpha value is -3.26. The maximum absolute atomic E-state index is 12.4. The van der Waals surface area contributed by atoms with Crippen molar-refractivity contribution < 1.29 is 19.1 Å². The molecule has 32 heavy (non-hydrogen) atoms. The van der Waals surface area contributed by atoms with Crippen LogP contribution in [0.3, 0.4) is 0 Å². The van der Waals surface area contributed by atoms with Gasteiger partial charge in [-0.1, -0.05) is 12.1 Å². The summed E-state index contributed by atoms with van der Waals surface area (Å²) in [5, 5.41) is 9.61. The summed E-state index contributed by atoms with van der Waals surface area (Å²) >= 11 is 0. The van der Waals surface area contributed by atoms with E-state index in [4.69, 9.17) is 9.47 Å². The van der Waals surface area contributed by atoms with Gasteiger partial charge in [-0.15, -0.1) is 0 Å². The number of ether oxygens (including phenoxy) is 2. The molecule has 1 aliphatic carbocycles. The van der Waals surface area contributed by atoms with E-state index >= 15 is 0 Å². The van der Waals surface area contributed by atoms with Crippen molar-refractivity contribution in [2.24, 2.45) is 5.92 Å². The number of fused-ring (bicyclic) bond motifs is 2. The van der Waals surface area contributed by atoms with Crippen molar-refractivity contribution in [3.05, 3.63) is 47.5 Å². The first kappa shape index (κ1) is 20.6. The minimum absolute atomic E-state index is 0.0107. The van der Waals surface area contributed by atoms with Crippen LogP contribution in [0.25, 0.3) is 0 Å². The van der Waals surface area contributed by atoms with Crippen LogP contribution in [0, 0.1) is 5.92 Å². The third kappa shape index (κ3) is 4.10. The van der Waals surface area contributed by atoms with E-state index in [1.165, 1.54) is 16.8 Å². The van der Waals surface area contributed by atoms with E-state index in [1.807, 2.05) is 13.1 Å². The Morgan fingerprint density at radius 2 is 2.09 bits per heavy atom. The molecule has 2 atom stereocenters. The molecule has 3 aliphatic rings. The van der Waals surface area contributed by atoms with Crippen molar-refractivity contribution in [2.45, 2.75) is 25.4 Å². The lowest BCUT2D eigenvalue weighted by atomic mass is 10.1. The highest BCUT2D eigenvalue weighted by atomic mass is 16.6. The molecule has 2 aromatic rings. The molecule has 3 N–H and O–H groups in total. The summed E-state index contributed by atoms with van der Waals surface area (Å²) in [7, 11) is 1.97. The highest BCUT2D eigenvalue weighted by Gasteiger charge is 2.33. The van der Waals surface area contributed by atoms with Crippen LogP contribution in [0.4, 0.5) is 21.9 Å². The van der Waals surface area contributed by atoms with E-state index in [0.717, 1.165) is 32.4 Å². The fourth-order valence-electron chi connectivity index (χ4n) is 4.81. The first-order valence-corrected chi connectivity index (χ1v) is 11.1. The highest BCUT2D eigenvalue weighted by Crippen LogP contribution is 2.34. The number of cyclic esters (lactones) is 1. The number of rotatable bonds is 7. The van der Waals surface area contributed by atoms with E-state index in [9.17, 15) is 9.59 Å². The van der Waals surface area contributed by atoms with Crippen LogP contribution in [-0.4, -0.2) is 51.4 Å². The summed E-state index contributed by atoms with van der Waals surface area (Å²) in [5.74, 6) is 1.00. The minimum atomic E-state index is -0.358. The summed E-state index contributed by atoms with van der Waals surface area (Å²) in [4.78, 5) is 25.6. The fourth-order valence-corrected chi connectivity index (χ4v) is 4.81. The molecule has 168 valence electrons. The molecule has 0 saturated carbocycles. The largest absolute Gasteiger partial charge is 0.482 e. The monoisotopic (exact) mass is 436 g/mol. The molecule has 2 aliphatic heterocycles. The molecule has 5 rings (SSSR count). The normalized spacial score (nSPS) is 21.5. The molecule has 2 unspecified atom stereocenters. The fraction of sp³-hybridized carbons (Fsp3) is 0.417. The summed E-state index contributed by atoms with van der Waals surface area (Å²) in [6.07, 6.45) is 2.43. The summed E-state index contributed by atoms with van der Waals surface area (Å²) in [5.41, 5.74) is 5.38. The lowest BCUT2D eigenvalue weighted by molar-refractivity contribution is -0.118. The Labute approximate surface area is 187 Å². The molecule has 8 heteroatoms. The van der Waals surface area contributed by atoms with Crippen LogP contribution in [0.2, 0.25) is 0 Å². The SMILES string of the molecule is CNc1cccc2c1CC(CNCCC1CN(c3ccc4c(c3)NC(=O)CO4)C(=O)O1)C2. The molecular formula is C24H28N4O4. The number of anilines is 3. The Morgan fingerprint density at radius 3 is 2.97 bits per heavy atom. The van der Waals surface area contributed by atoms with Crippen molar-refractivity contribution in [3.8, 4) is 5.75 Å². The summed E-state index contributed by atoms with van der Waals surface area (Å²) in [6.45, 7) is 2.25. The van der Waals surface area contributed by atoms with E-state index < -0.39 is 0 Å². The Balaban J connectivity index is 1.10. The number of carbonyl (C=O) groups is 2. The number of hydrogen-bond donors (Lipinski definition) is 3. The van der Waals surface area contributed by atoms with Crippen molar-refractivity contribution >= 4 is 29.1 Å². The predicted molar refractivity (Wildman–Crippen MR) is 123 cm³/mol. The number of carbonyl (C=O) groups excluding carboxylic acids is 2. The third-order valence-electron chi connectivity index (χ3n) is 6.40. The Bertz CT molecular complexity index is 1040. The minimum Gasteiger partial charge on any atom is -0.482 e. The van der Waals surface area contributed by atoms with Gasteiger partial charge in [0.15, 0.2) is 6.61 Å². The Morgan fingerprint density at radius 1 is 1.19 bits per heavy atom. The van der Waals surface area contributed by atoms with Gasteiger partial charge in [0.2, 0.25) is 0 Å². The maximum atomic E-state index is 12.4. The van der Waals surface area contributed by atoms with Gasteiger partial charge in [-0.3, -0.25) is 9.69 Å². The first-order valence-electron chi connectivity index (χ1n) is 11.1. The van der Waals surface area contributed by atoms with Crippen LogP contribution in [0.1, 0.15) is 17.5 Å². The molecule has 1 fully saturated rings. The predicted octanol–water partition coefficient (Wildman–Crippen LogP) is 2.78. The van der Waals surface area contributed by atoms with Crippen molar-refractivity contribution in [1.29, 1.82) is 0 Å². The Kier molecular flexibility index (Phi) is 5.61. The average molecular weight is 437 g/mol. The second-order valence-electron chi connectivity index (χ2n) is 8.59.